The minimum atomic E-state index is 0. The Bertz CT molecular complexity index is 274. The van der Waals surface area contributed by atoms with Gasteiger partial charge < -0.3 is 17.0 Å². The topological polar surface area (TPSA) is 27.7 Å². The summed E-state index contributed by atoms with van der Waals surface area (Å²) in [4.78, 5) is 0. The maximum absolute atomic E-state index is 8.55. The van der Waals surface area contributed by atoms with Crippen LogP contribution in [0.5, 0.6) is 0 Å². The van der Waals surface area contributed by atoms with Crippen molar-refractivity contribution >= 4 is 0 Å². The van der Waals surface area contributed by atoms with E-state index < -0.39 is 0 Å². The molecule has 0 aliphatic carbocycles. The monoisotopic (exact) mass is 240 g/mol. The first-order chi connectivity index (χ1) is 5.86. The molecule has 0 aliphatic rings. The van der Waals surface area contributed by atoms with E-state index in [1.165, 1.54) is 12.8 Å². The second-order valence-corrected chi connectivity index (χ2v) is 2.79. The normalized spacial score (nSPS) is 8.62. The summed E-state index contributed by atoms with van der Waals surface area (Å²) >= 11 is 0. The van der Waals surface area contributed by atoms with Crippen molar-refractivity contribution in [3.8, 4) is 6.07 Å². The molecule has 0 saturated heterocycles. The van der Waals surface area contributed by atoms with Crippen LogP contribution >= 0.6 is 0 Å². The van der Waals surface area contributed by atoms with Crippen LogP contribution < -0.4 is 21.5 Å². The number of nitrogens with zero attached hydrogens (tertiary/aromatic N) is 2. The number of hydrogen-bond donors (Lipinski definition) is 0. The summed E-state index contributed by atoms with van der Waals surface area (Å²) in [6.45, 7) is 3.21. The van der Waals surface area contributed by atoms with E-state index in [2.05, 4.69) is 17.6 Å². The lowest BCUT2D eigenvalue weighted by Gasteiger charge is -1.93. The van der Waals surface area contributed by atoms with E-state index in [1.54, 1.807) is 0 Å². The fourth-order valence-electron chi connectivity index (χ4n) is 1.02. The van der Waals surface area contributed by atoms with E-state index in [4.69, 9.17) is 5.26 Å². The van der Waals surface area contributed by atoms with Gasteiger partial charge in [0.05, 0.1) is 11.6 Å². The molecule has 0 aliphatic heterocycles. The first-order valence-electron chi connectivity index (χ1n) is 4.26. The molecule has 1 aromatic heterocycles. The third kappa shape index (κ3) is 4.05. The van der Waals surface area contributed by atoms with Gasteiger partial charge in [-0.05, 0) is 0 Å². The summed E-state index contributed by atoms with van der Waals surface area (Å²) in [7, 11) is 0. The zero-order valence-corrected chi connectivity index (χ0v) is 9.29. The highest BCUT2D eigenvalue weighted by molar-refractivity contribution is 5.23. The van der Waals surface area contributed by atoms with E-state index in [9.17, 15) is 0 Å². The van der Waals surface area contributed by atoms with E-state index in [0.29, 0.717) is 0 Å². The van der Waals surface area contributed by atoms with Crippen molar-refractivity contribution in [1.29, 1.82) is 5.26 Å². The Labute approximate surface area is 89.6 Å². The summed E-state index contributed by atoms with van der Waals surface area (Å²) < 4.78 is 2.10. The van der Waals surface area contributed by atoms with Gasteiger partial charge in [0.1, 0.15) is 6.54 Å². The summed E-state index contributed by atoms with van der Waals surface area (Å²) in [5.41, 5.74) is 0.725. The molecular formula is C10H13BrN2. The Morgan fingerprint density at radius 3 is 2.46 bits per heavy atom. The van der Waals surface area contributed by atoms with Crippen molar-refractivity contribution in [3.63, 3.8) is 0 Å². The van der Waals surface area contributed by atoms with Crippen molar-refractivity contribution in [2.45, 2.75) is 26.3 Å². The van der Waals surface area contributed by atoms with Crippen LogP contribution in [-0.2, 0) is 6.54 Å². The van der Waals surface area contributed by atoms with Crippen LogP contribution in [-0.4, -0.2) is 0 Å². The smallest absolute Gasteiger partial charge is 0.170 e. The molecule has 0 radical (unpaired) electrons. The van der Waals surface area contributed by atoms with Gasteiger partial charge in [-0.1, -0.05) is 13.3 Å². The van der Waals surface area contributed by atoms with Crippen molar-refractivity contribution < 1.29 is 21.5 Å². The molecule has 70 valence electrons. The van der Waals surface area contributed by atoms with Crippen LogP contribution in [0.15, 0.2) is 24.5 Å². The van der Waals surface area contributed by atoms with Crippen molar-refractivity contribution in [2.24, 2.45) is 0 Å². The molecule has 2 nitrogen and oxygen atoms in total. The maximum Gasteiger partial charge on any atom is 0.170 e. The Balaban J connectivity index is 0.00000144. The first-order valence-corrected chi connectivity index (χ1v) is 4.26. The highest BCUT2D eigenvalue weighted by Gasteiger charge is 1.98. The summed E-state index contributed by atoms with van der Waals surface area (Å²) in [5, 5.41) is 8.55. The molecule has 0 saturated carbocycles. The second kappa shape index (κ2) is 6.62. The molecule has 0 N–H and O–H groups in total. The zero-order valence-electron chi connectivity index (χ0n) is 7.70. The highest BCUT2D eigenvalue weighted by atomic mass is 79.9. The third-order valence-electron chi connectivity index (χ3n) is 1.79. The lowest BCUT2D eigenvalue weighted by molar-refractivity contribution is -0.697. The molecule has 0 amide bonds. The quantitative estimate of drug-likeness (QED) is 0.601. The van der Waals surface area contributed by atoms with E-state index in [-0.39, 0.29) is 17.0 Å². The molecule has 3 heteroatoms. The fraction of sp³-hybridized carbons (Fsp3) is 0.400. The highest BCUT2D eigenvalue weighted by Crippen LogP contribution is 1.92. The Morgan fingerprint density at radius 2 is 2.00 bits per heavy atom. The van der Waals surface area contributed by atoms with Crippen LogP contribution in [0.25, 0.3) is 0 Å². The minimum absolute atomic E-state index is 0. The zero-order chi connectivity index (χ0) is 8.81. The SMILES string of the molecule is CCCC[n+]1ccc(C#N)cc1.[Br-]. The first kappa shape index (κ1) is 12.1. The number of unbranched alkanes of at least 4 members (excludes halogenated alkanes) is 1. The molecule has 0 unspecified atom stereocenters. The molecule has 13 heavy (non-hydrogen) atoms. The fourth-order valence-corrected chi connectivity index (χ4v) is 1.02. The molecule has 0 spiro atoms. The second-order valence-electron chi connectivity index (χ2n) is 2.79. The van der Waals surface area contributed by atoms with Gasteiger partial charge in [-0.25, -0.2) is 4.57 Å². The van der Waals surface area contributed by atoms with Crippen LogP contribution in [0.2, 0.25) is 0 Å². The molecule has 1 heterocycles. The number of halogens is 1. The van der Waals surface area contributed by atoms with Gasteiger partial charge in [-0.3, -0.25) is 0 Å². The van der Waals surface area contributed by atoms with Crippen molar-refractivity contribution in [2.75, 3.05) is 0 Å². The summed E-state index contributed by atoms with van der Waals surface area (Å²) in [6.07, 6.45) is 6.30. The number of nitriles is 1. The van der Waals surface area contributed by atoms with Gasteiger partial charge >= 0.3 is 0 Å². The Morgan fingerprint density at radius 1 is 1.38 bits per heavy atom. The standard InChI is InChI=1S/C10H13N2.BrH/c1-2-3-6-12-7-4-10(9-11)5-8-12;/h4-5,7-8H,2-3,6H2,1H3;1H/q+1;/p-1. The molecule has 1 rings (SSSR count). The molecular weight excluding hydrogens is 228 g/mol. The number of hydrogen-bond acceptors (Lipinski definition) is 1. The Hall–Kier alpha value is -0.880. The van der Waals surface area contributed by atoms with Crippen LogP contribution in [0, 0.1) is 11.3 Å². The Kier molecular flexibility index (Phi) is 6.17. The minimum Gasteiger partial charge on any atom is -1.00 e. The lowest BCUT2D eigenvalue weighted by Crippen LogP contribution is -3.00. The van der Waals surface area contributed by atoms with Gasteiger partial charge in [-0.2, -0.15) is 5.26 Å². The maximum atomic E-state index is 8.55. The molecule has 0 aromatic carbocycles. The number of rotatable bonds is 3. The number of pyridine rings is 1. The van der Waals surface area contributed by atoms with Gasteiger partial charge in [0.2, 0.25) is 0 Å². The summed E-state index contributed by atoms with van der Waals surface area (Å²) in [6, 6.07) is 5.78. The predicted octanol–water partition coefficient (Wildman–Crippen LogP) is -1.35. The molecule has 0 fully saturated rings. The lowest BCUT2D eigenvalue weighted by atomic mass is 10.3. The van der Waals surface area contributed by atoms with E-state index in [0.717, 1.165) is 12.1 Å². The van der Waals surface area contributed by atoms with Gasteiger partial charge in [0.25, 0.3) is 0 Å². The number of aromatic nitrogens is 1. The average Bonchev–Trinajstić information content (AvgIpc) is 2.15. The van der Waals surface area contributed by atoms with E-state index >= 15 is 0 Å². The van der Waals surface area contributed by atoms with Crippen LogP contribution in [0.4, 0.5) is 0 Å². The third-order valence-corrected chi connectivity index (χ3v) is 1.79. The van der Waals surface area contributed by atoms with Crippen LogP contribution in [0.3, 0.4) is 0 Å². The molecule has 1 aromatic rings. The van der Waals surface area contributed by atoms with Gasteiger partial charge in [0, 0.05) is 18.6 Å². The molecule has 0 bridgehead atoms. The van der Waals surface area contributed by atoms with Crippen LogP contribution in [0.1, 0.15) is 25.3 Å². The van der Waals surface area contributed by atoms with Gasteiger partial charge in [0.15, 0.2) is 12.4 Å². The summed E-state index contributed by atoms with van der Waals surface area (Å²) in [5.74, 6) is 0. The van der Waals surface area contributed by atoms with Gasteiger partial charge in [-0.15, -0.1) is 0 Å². The number of aryl methyl sites for hydroxylation is 1. The largest absolute Gasteiger partial charge is 1.00 e. The van der Waals surface area contributed by atoms with E-state index in [1.807, 2.05) is 24.5 Å². The molecule has 0 atom stereocenters. The van der Waals surface area contributed by atoms with Crippen molar-refractivity contribution in [3.05, 3.63) is 30.1 Å². The predicted molar refractivity (Wildman–Crippen MR) is 46.3 cm³/mol. The van der Waals surface area contributed by atoms with Crippen molar-refractivity contribution in [1.82, 2.24) is 0 Å². The average molecular weight is 241 g/mol.